The van der Waals surface area contributed by atoms with E-state index in [4.69, 9.17) is 14.9 Å². The molecule has 126 valence electrons. The summed E-state index contributed by atoms with van der Waals surface area (Å²) in [5, 5.41) is 2.27. The summed E-state index contributed by atoms with van der Waals surface area (Å²) in [4.78, 5) is 29.9. The Morgan fingerprint density at radius 1 is 1.54 bits per heavy atom. The SMILES string of the molecule is COCCc1nc2scc(-c3ccco3)c2c(=O)n1C(C)C(N)=O. The first-order valence-corrected chi connectivity index (χ1v) is 8.27. The minimum atomic E-state index is -0.800. The highest BCUT2D eigenvalue weighted by molar-refractivity contribution is 7.17. The van der Waals surface area contributed by atoms with Crippen molar-refractivity contribution >= 4 is 27.5 Å². The number of hydrogen-bond acceptors (Lipinski definition) is 6. The van der Waals surface area contributed by atoms with Gasteiger partial charge in [0.25, 0.3) is 5.56 Å². The summed E-state index contributed by atoms with van der Waals surface area (Å²) in [6.07, 6.45) is 1.96. The maximum Gasteiger partial charge on any atom is 0.263 e. The predicted molar refractivity (Wildman–Crippen MR) is 91.1 cm³/mol. The van der Waals surface area contributed by atoms with E-state index in [2.05, 4.69) is 4.98 Å². The third-order valence-corrected chi connectivity index (χ3v) is 4.70. The van der Waals surface area contributed by atoms with E-state index in [1.165, 1.54) is 15.9 Å². The molecular formula is C16H17N3O4S. The Kier molecular flexibility index (Phi) is 4.50. The van der Waals surface area contributed by atoms with E-state index < -0.39 is 11.9 Å². The summed E-state index contributed by atoms with van der Waals surface area (Å²) in [5.41, 5.74) is 5.78. The van der Waals surface area contributed by atoms with E-state index >= 15 is 0 Å². The molecule has 3 aromatic rings. The first-order valence-electron chi connectivity index (χ1n) is 7.39. The van der Waals surface area contributed by atoms with Crippen LogP contribution < -0.4 is 11.3 Å². The second kappa shape index (κ2) is 6.58. The van der Waals surface area contributed by atoms with E-state index in [1.54, 1.807) is 32.4 Å². The number of fused-ring (bicyclic) bond motifs is 1. The van der Waals surface area contributed by atoms with Crippen LogP contribution in [0, 0.1) is 0 Å². The fourth-order valence-corrected chi connectivity index (χ4v) is 3.49. The largest absolute Gasteiger partial charge is 0.464 e. The third-order valence-electron chi connectivity index (χ3n) is 3.83. The molecule has 24 heavy (non-hydrogen) atoms. The third kappa shape index (κ3) is 2.74. The van der Waals surface area contributed by atoms with Crippen molar-refractivity contribution in [3.8, 4) is 11.3 Å². The van der Waals surface area contributed by atoms with Crippen molar-refractivity contribution in [3.63, 3.8) is 0 Å². The number of carbonyl (C=O) groups excluding carboxylic acids is 1. The van der Waals surface area contributed by atoms with Crippen molar-refractivity contribution in [2.45, 2.75) is 19.4 Å². The van der Waals surface area contributed by atoms with Gasteiger partial charge in [0.1, 0.15) is 22.5 Å². The number of aromatic nitrogens is 2. The van der Waals surface area contributed by atoms with Crippen LogP contribution in [0.4, 0.5) is 0 Å². The summed E-state index contributed by atoms with van der Waals surface area (Å²) >= 11 is 1.36. The van der Waals surface area contributed by atoms with E-state index in [9.17, 15) is 9.59 Å². The summed E-state index contributed by atoms with van der Waals surface area (Å²) < 4.78 is 11.8. The second-order valence-corrected chi connectivity index (χ2v) is 6.19. The van der Waals surface area contributed by atoms with Crippen molar-refractivity contribution in [1.29, 1.82) is 0 Å². The van der Waals surface area contributed by atoms with Crippen molar-refractivity contribution in [1.82, 2.24) is 9.55 Å². The van der Waals surface area contributed by atoms with Gasteiger partial charge in [-0.05, 0) is 19.1 Å². The summed E-state index contributed by atoms with van der Waals surface area (Å²) in [6.45, 7) is 1.98. The van der Waals surface area contributed by atoms with Gasteiger partial charge >= 0.3 is 0 Å². The molecule has 0 saturated carbocycles. The summed E-state index contributed by atoms with van der Waals surface area (Å²) in [5.74, 6) is 0.475. The maximum atomic E-state index is 13.1. The molecule has 3 aromatic heterocycles. The molecule has 0 radical (unpaired) electrons. The Hall–Kier alpha value is -2.45. The van der Waals surface area contributed by atoms with E-state index in [0.717, 1.165) is 0 Å². The van der Waals surface area contributed by atoms with Crippen LogP contribution >= 0.6 is 11.3 Å². The van der Waals surface area contributed by atoms with Crippen LogP contribution in [-0.4, -0.2) is 29.2 Å². The Balaban J connectivity index is 2.28. The predicted octanol–water partition coefficient (Wildman–Crippen LogP) is 1.95. The standard InChI is InChI=1S/C16H17N3O4S/c1-9(14(17)20)19-12(5-7-22-2)18-15-13(16(19)21)10(8-24-15)11-4-3-6-23-11/h3-4,6,8-9H,5,7H2,1-2H3,(H2,17,20). The van der Waals surface area contributed by atoms with Crippen LogP contribution in [0.3, 0.4) is 0 Å². The Morgan fingerprint density at radius 3 is 2.96 bits per heavy atom. The first-order chi connectivity index (χ1) is 11.5. The van der Waals surface area contributed by atoms with Gasteiger partial charge in [-0.2, -0.15) is 0 Å². The Morgan fingerprint density at radius 2 is 2.33 bits per heavy atom. The van der Waals surface area contributed by atoms with E-state index in [-0.39, 0.29) is 5.56 Å². The number of hydrogen-bond donors (Lipinski definition) is 1. The van der Waals surface area contributed by atoms with Gasteiger partial charge in [0.2, 0.25) is 5.91 Å². The zero-order chi connectivity index (χ0) is 17.3. The highest BCUT2D eigenvalue weighted by Crippen LogP contribution is 2.31. The minimum absolute atomic E-state index is 0.301. The number of primary amides is 1. The van der Waals surface area contributed by atoms with Crippen LogP contribution in [0.5, 0.6) is 0 Å². The highest BCUT2D eigenvalue weighted by atomic mass is 32.1. The van der Waals surface area contributed by atoms with Crippen LogP contribution in [0.15, 0.2) is 33.0 Å². The number of amides is 1. The van der Waals surface area contributed by atoms with Crippen LogP contribution in [0.1, 0.15) is 18.8 Å². The van der Waals surface area contributed by atoms with Crippen molar-refractivity contribution in [3.05, 3.63) is 40.0 Å². The maximum absolute atomic E-state index is 13.1. The second-order valence-electron chi connectivity index (χ2n) is 5.33. The monoisotopic (exact) mass is 347 g/mol. The molecule has 3 rings (SSSR count). The lowest BCUT2D eigenvalue weighted by atomic mass is 10.2. The number of rotatable bonds is 6. The molecule has 2 N–H and O–H groups in total. The first kappa shape index (κ1) is 16.4. The molecule has 0 spiro atoms. The molecule has 1 amide bonds. The smallest absolute Gasteiger partial charge is 0.263 e. The molecule has 1 unspecified atom stereocenters. The van der Waals surface area contributed by atoms with Crippen molar-refractivity contribution in [2.24, 2.45) is 5.73 Å². The number of carbonyl (C=O) groups is 1. The molecule has 0 aliphatic heterocycles. The van der Waals surface area contributed by atoms with Gasteiger partial charge in [-0.1, -0.05) is 0 Å². The van der Waals surface area contributed by atoms with Gasteiger partial charge in [-0.3, -0.25) is 14.2 Å². The number of nitrogens with zero attached hydrogens (tertiary/aromatic N) is 2. The van der Waals surface area contributed by atoms with Crippen LogP contribution in [0.2, 0.25) is 0 Å². The lowest BCUT2D eigenvalue weighted by molar-refractivity contribution is -0.120. The average Bonchev–Trinajstić information content (AvgIpc) is 3.21. The molecule has 1 atom stereocenters. The molecule has 0 fully saturated rings. The number of nitrogens with two attached hydrogens (primary N) is 1. The molecule has 0 aromatic carbocycles. The zero-order valence-corrected chi connectivity index (χ0v) is 14.1. The molecular weight excluding hydrogens is 330 g/mol. The van der Waals surface area contributed by atoms with Crippen LogP contribution in [0.25, 0.3) is 21.5 Å². The topological polar surface area (TPSA) is 100 Å². The zero-order valence-electron chi connectivity index (χ0n) is 13.3. The van der Waals surface area contributed by atoms with Crippen LogP contribution in [-0.2, 0) is 16.0 Å². The van der Waals surface area contributed by atoms with E-state index in [0.29, 0.717) is 40.4 Å². The molecule has 0 saturated heterocycles. The molecule has 0 bridgehead atoms. The lowest BCUT2D eigenvalue weighted by Gasteiger charge is -2.16. The van der Waals surface area contributed by atoms with Crippen molar-refractivity contribution in [2.75, 3.05) is 13.7 Å². The lowest BCUT2D eigenvalue weighted by Crippen LogP contribution is -2.35. The Labute approximate surface area is 141 Å². The van der Waals surface area contributed by atoms with E-state index in [1.807, 2.05) is 5.38 Å². The number of methoxy groups -OCH3 is 1. The van der Waals surface area contributed by atoms with Gasteiger partial charge in [0.15, 0.2) is 0 Å². The number of thiophene rings is 1. The number of furan rings is 1. The average molecular weight is 347 g/mol. The molecule has 3 heterocycles. The molecule has 0 aliphatic carbocycles. The van der Waals surface area contributed by atoms with Gasteiger partial charge in [0.05, 0.1) is 18.3 Å². The van der Waals surface area contributed by atoms with Crippen molar-refractivity contribution < 1.29 is 13.9 Å². The fraction of sp³-hybridized carbons (Fsp3) is 0.312. The summed E-state index contributed by atoms with van der Waals surface area (Å²) in [7, 11) is 1.57. The highest BCUT2D eigenvalue weighted by Gasteiger charge is 2.23. The molecule has 0 aliphatic rings. The normalized spacial score (nSPS) is 12.6. The quantitative estimate of drug-likeness (QED) is 0.734. The number of ether oxygens (including phenoxy) is 1. The van der Waals surface area contributed by atoms with Gasteiger partial charge < -0.3 is 14.9 Å². The Bertz CT molecular complexity index is 927. The fourth-order valence-electron chi connectivity index (χ4n) is 2.55. The summed E-state index contributed by atoms with van der Waals surface area (Å²) in [6, 6.07) is 2.73. The van der Waals surface area contributed by atoms with Gasteiger partial charge in [-0.25, -0.2) is 4.98 Å². The minimum Gasteiger partial charge on any atom is -0.464 e. The van der Waals surface area contributed by atoms with Gasteiger partial charge in [0, 0.05) is 24.5 Å². The van der Waals surface area contributed by atoms with Gasteiger partial charge in [-0.15, -0.1) is 11.3 Å². The molecule has 8 heteroatoms. The molecule has 7 nitrogen and oxygen atoms in total.